The van der Waals surface area contributed by atoms with E-state index in [4.69, 9.17) is 10.5 Å². The lowest BCUT2D eigenvalue weighted by Gasteiger charge is -2.27. The van der Waals surface area contributed by atoms with Gasteiger partial charge < -0.3 is 10.5 Å². The third-order valence-electron chi connectivity index (χ3n) is 4.31. The summed E-state index contributed by atoms with van der Waals surface area (Å²) in [6.45, 7) is 1.92. The smallest absolute Gasteiger partial charge is 0.356 e. The summed E-state index contributed by atoms with van der Waals surface area (Å²) in [6.07, 6.45) is 0.705. The van der Waals surface area contributed by atoms with Gasteiger partial charge in [-0.2, -0.15) is 9.50 Å². The number of rotatable bonds is 3. The molecule has 0 saturated heterocycles. The number of aromatic amines is 1. The van der Waals surface area contributed by atoms with Crippen LogP contribution in [0.4, 0.5) is 5.95 Å². The molecule has 10 heteroatoms. The number of hydrogen-bond donors (Lipinski definition) is 2. The molecule has 0 fully saturated rings. The Labute approximate surface area is 147 Å². The maximum absolute atomic E-state index is 12.1. The van der Waals surface area contributed by atoms with Gasteiger partial charge in [-0.1, -0.05) is 6.07 Å². The first-order valence-electron chi connectivity index (χ1n) is 8.07. The third-order valence-corrected chi connectivity index (χ3v) is 4.31. The van der Waals surface area contributed by atoms with Gasteiger partial charge in [-0.05, 0) is 11.6 Å². The van der Waals surface area contributed by atoms with Crippen LogP contribution in [0.25, 0.3) is 5.78 Å². The van der Waals surface area contributed by atoms with Crippen molar-refractivity contribution in [2.45, 2.75) is 19.5 Å². The van der Waals surface area contributed by atoms with Crippen molar-refractivity contribution in [1.29, 1.82) is 0 Å². The Hall–Kier alpha value is -3.27. The van der Waals surface area contributed by atoms with Crippen LogP contribution < -0.4 is 11.3 Å². The Kier molecular flexibility index (Phi) is 3.88. The zero-order valence-electron chi connectivity index (χ0n) is 14.1. The normalized spacial score (nSPS) is 14.3. The molecule has 1 aliphatic rings. The molecule has 10 nitrogen and oxygen atoms in total. The molecule has 3 N–H and O–H groups in total. The van der Waals surface area contributed by atoms with Crippen molar-refractivity contribution in [1.82, 2.24) is 29.5 Å². The third kappa shape index (κ3) is 2.90. The Morgan fingerprint density at radius 2 is 2.19 bits per heavy atom. The van der Waals surface area contributed by atoms with Crippen LogP contribution in [-0.4, -0.2) is 49.1 Å². The van der Waals surface area contributed by atoms with Crippen molar-refractivity contribution in [3.05, 3.63) is 51.2 Å². The number of methoxy groups -OCH3 is 1. The van der Waals surface area contributed by atoms with E-state index in [0.717, 1.165) is 17.8 Å². The summed E-state index contributed by atoms with van der Waals surface area (Å²) in [5.41, 5.74) is 8.21. The first-order chi connectivity index (χ1) is 12.5. The number of esters is 1. The summed E-state index contributed by atoms with van der Waals surface area (Å²) >= 11 is 0. The van der Waals surface area contributed by atoms with Gasteiger partial charge in [0, 0.05) is 37.8 Å². The molecule has 0 saturated carbocycles. The first kappa shape index (κ1) is 16.2. The Morgan fingerprint density at radius 3 is 3.00 bits per heavy atom. The Balaban J connectivity index is 1.54. The summed E-state index contributed by atoms with van der Waals surface area (Å²) in [4.78, 5) is 38.6. The van der Waals surface area contributed by atoms with E-state index in [1.165, 1.54) is 17.7 Å². The number of anilines is 1. The number of H-pyrrole nitrogens is 1. The van der Waals surface area contributed by atoms with Crippen LogP contribution in [0.5, 0.6) is 0 Å². The van der Waals surface area contributed by atoms with E-state index < -0.39 is 5.97 Å². The highest BCUT2D eigenvalue weighted by Crippen LogP contribution is 2.19. The van der Waals surface area contributed by atoms with E-state index >= 15 is 0 Å². The second-order valence-corrected chi connectivity index (χ2v) is 6.08. The molecule has 3 aromatic rings. The monoisotopic (exact) mass is 355 g/mol. The summed E-state index contributed by atoms with van der Waals surface area (Å²) in [7, 11) is 1.34. The molecule has 3 aromatic heterocycles. The summed E-state index contributed by atoms with van der Waals surface area (Å²) in [5, 5.41) is 2.64. The van der Waals surface area contributed by atoms with Crippen LogP contribution in [-0.2, 0) is 24.2 Å². The lowest BCUT2D eigenvalue weighted by atomic mass is 10.0. The molecule has 26 heavy (non-hydrogen) atoms. The highest BCUT2D eigenvalue weighted by molar-refractivity contribution is 5.87. The zero-order valence-corrected chi connectivity index (χ0v) is 14.1. The fourth-order valence-electron chi connectivity index (χ4n) is 3.08. The molecule has 0 unspecified atom stereocenters. The number of carbonyl (C=O) groups is 1. The van der Waals surface area contributed by atoms with Crippen LogP contribution in [0.2, 0.25) is 0 Å². The van der Waals surface area contributed by atoms with Crippen LogP contribution in [0.15, 0.2) is 23.0 Å². The lowest BCUT2D eigenvalue weighted by Crippen LogP contribution is -2.32. The van der Waals surface area contributed by atoms with Gasteiger partial charge in [-0.25, -0.2) is 14.8 Å². The van der Waals surface area contributed by atoms with E-state index in [2.05, 4.69) is 25.0 Å². The number of nitrogens with two attached hydrogens (primary N) is 1. The van der Waals surface area contributed by atoms with Gasteiger partial charge in [-0.15, -0.1) is 0 Å². The van der Waals surface area contributed by atoms with E-state index in [0.29, 0.717) is 30.9 Å². The zero-order chi connectivity index (χ0) is 18.3. The van der Waals surface area contributed by atoms with Crippen LogP contribution >= 0.6 is 0 Å². The van der Waals surface area contributed by atoms with Gasteiger partial charge in [0.05, 0.1) is 12.8 Å². The minimum atomic E-state index is -0.438. The molecule has 0 aliphatic carbocycles. The number of fused-ring (bicyclic) bond motifs is 2. The van der Waals surface area contributed by atoms with Crippen LogP contribution in [0, 0.1) is 0 Å². The Bertz CT molecular complexity index is 1060. The number of nitrogens with zero attached hydrogens (tertiary/aromatic N) is 5. The van der Waals surface area contributed by atoms with E-state index in [9.17, 15) is 9.59 Å². The van der Waals surface area contributed by atoms with Gasteiger partial charge >= 0.3 is 5.97 Å². The minimum absolute atomic E-state index is 0.145. The SMILES string of the molecule is COC(=O)c1ccc2c(n1)CCN(Cc1cc(=O)n3[nH]c(N)nc3n1)C2. The Morgan fingerprint density at radius 1 is 1.35 bits per heavy atom. The van der Waals surface area contributed by atoms with Crippen molar-refractivity contribution in [2.24, 2.45) is 0 Å². The molecular formula is C16H17N7O3. The fraction of sp³-hybridized carbons (Fsp3) is 0.312. The van der Waals surface area contributed by atoms with Gasteiger partial charge in [0.25, 0.3) is 11.3 Å². The van der Waals surface area contributed by atoms with Gasteiger partial charge in [0.2, 0.25) is 5.95 Å². The van der Waals surface area contributed by atoms with Gasteiger partial charge in [0.15, 0.2) is 0 Å². The molecule has 0 radical (unpaired) electrons. The molecule has 0 bridgehead atoms. The molecule has 0 aromatic carbocycles. The fourth-order valence-corrected chi connectivity index (χ4v) is 3.08. The molecule has 1 aliphatic heterocycles. The van der Waals surface area contributed by atoms with Gasteiger partial charge in [0.1, 0.15) is 5.69 Å². The molecule has 0 amide bonds. The number of hydrogen-bond acceptors (Lipinski definition) is 8. The second-order valence-electron chi connectivity index (χ2n) is 6.08. The highest BCUT2D eigenvalue weighted by atomic mass is 16.5. The summed E-state index contributed by atoms with van der Waals surface area (Å²) < 4.78 is 5.92. The maximum Gasteiger partial charge on any atom is 0.356 e. The largest absolute Gasteiger partial charge is 0.464 e. The average Bonchev–Trinajstić information content (AvgIpc) is 3.01. The van der Waals surface area contributed by atoms with Crippen molar-refractivity contribution >= 4 is 17.7 Å². The first-order valence-corrected chi connectivity index (χ1v) is 8.07. The summed E-state index contributed by atoms with van der Waals surface area (Å²) in [6, 6.07) is 5.02. The molecular weight excluding hydrogens is 338 g/mol. The number of ether oxygens (including phenoxy) is 1. The number of carbonyl (C=O) groups excluding carboxylic acids is 1. The number of nitrogen functional groups attached to an aromatic ring is 1. The highest BCUT2D eigenvalue weighted by Gasteiger charge is 2.20. The van der Waals surface area contributed by atoms with E-state index in [-0.39, 0.29) is 17.3 Å². The van der Waals surface area contributed by atoms with Crippen LogP contribution in [0.1, 0.15) is 27.4 Å². The van der Waals surface area contributed by atoms with Crippen molar-refractivity contribution in [3.63, 3.8) is 0 Å². The van der Waals surface area contributed by atoms with E-state index in [1.807, 2.05) is 6.07 Å². The maximum atomic E-state index is 12.1. The van der Waals surface area contributed by atoms with Crippen LogP contribution in [0.3, 0.4) is 0 Å². The van der Waals surface area contributed by atoms with E-state index in [1.54, 1.807) is 6.07 Å². The molecule has 134 valence electrons. The standard InChI is InChI=1S/C16H17N7O3/c1-26-14(25)12-3-2-9-7-22(5-4-11(9)19-12)8-10-6-13(24)23-16(18-10)20-15(17)21-23/h2-3,6H,4-5,7-8H2,1H3,(H3,17,18,20,21). The number of nitrogens with one attached hydrogen (secondary N) is 1. The minimum Gasteiger partial charge on any atom is -0.464 e. The topological polar surface area (TPSA) is 132 Å². The second kappa shape index (κ2) is 6.23. The quantitative estimate of drug-likeness (QED) is 0.614. The predicted octanol–water partition coefficient (Wildman–Crippen LogP) is -0.260. The molecule has 0 spiro atoms. The van der Waals surface area contributed by atoms with Crippen molar-refractivity contribution in [2.75, 3.05) is 19.4 Å². The lowest BCUT2D eigenvalue weighted by molar-refractivity contribution is 0.0593. The predicted molar refractivity (Wildman–Crippen MR) is 91.4 cm³/mol. The molecule has 4 heterocycles. The molecule has 0 atom stereocenters. The number of pyridine rings is 1. The van der Waals surface area contributed by atoms with Crippen molar-refractivity contribution in [3.8, 4) is 0 Å². The number of aromatic nitrogens is 5. The summed E-state index contributed by atoms with van der Waals surface area (Å²) in [5.74, 6) is -0.0376. The molecule has 4 rings (SSSR count). The van der Waals surface area contributed by atoms with Crippen molar-refractivity contribution < 1.29 is 9.53 Å². The average molecular weight is 355 g/mol. The van der Waals surface area contributed by atoms with Gasteiger partial charge in [-0.3, -0.25) is 14.8 Å².